The van der Waals surface area contributed by atoms with E-state index < -0.39 is 0 Å². The summed E-state index contributed by atoms with van der Waals surface area (Å²) in [5, 5.41) is 6.46. The van der Waals surface area contributed by atoms with E-state index in [4.69, 9.17) is 4.98 Å². The van der Waals surface area contributed by atoms with Crippen molar-refractivity contribution in [3.8, 4) is 11.3 Å². The summed E-state index contributed by atoms with van der Waals surface area (Å²) in [6.07, 6.45) is 9.82. The minimum atomic E-state index is -0.176. The zero-order chi connectivity index (χ0) is 28.3. The first kappa shape index (κ1) is 26.2. The van der Waals surface area contributed by atoms with Gasteiger partial charge in [-0.05, 0) is 92.3 Å². The van der Waals surface area contributed by atoms with E-state index >= 15 is 0 Å². The average Bonchev–Trinajstić information content (AvgIpc) is 3.57. The first-order valence-corrected chi connectivity index (χ1v) is 14.7. The van der Waals surface area contributed by atoms with Crippen molar-refractivity contribution in [3.05, 3.63) is 108 Å². The van der Waals surface area contributed by atoms with Crippen LogP contribution in [-0.2, 0) is 6.42 Å². The normalized spacial score (nSPS) is 16.1. The first-order chi connectivity index (χ1) is 20.7. The molecule has 3 heterocycles. The lowest BCUT2D eigenvalue weighted by atomic mass is 9.78. The Morgan fingerprint density at radius 1 is 0.905 bits per heavy atom. The molecule has 8 nitrogen and oxygen atoms in total. The maximum absolute atomic E-state index is 12.9. The van der Waals surface area contributed by atoms with Crippen molar-refractivity contribution in [3.63, 3.8) is 0 Å². The highest BCUT2D eigenvalue weighted by molar-refractivity contribution is 6.05. The van der Waals surface area contributed by atoms with Crippen LogP contribution in [0.15, 0.2) is 85.3 Å². The molecule has 2 aliphatic rings. The summed E-state index contributed by atoms with van der Waals surface area (Å²) >= 11 is 0. The number of amides is 1. The van der Waals surface area contributed by atoms with Gasteiger partial charge in [0.15, 0.2) is 0 Å². The summed E-state index contributed by atoms with van der Waals surface area (Å²) in [5.41, 5.74) is 8.53. The Bertz CT molecular complexity index is 1730. The lowest BCUT2D eigenvalue weighted by molar-refractivity contribution is 0.102. The molecule has 3 aromatic carbocycles. The Hall–Kier alpha value is -4.69. The molecular weight excluding hydrogens is 522 g/mol. The Morgan fingerprint density at radius 2 is 1.71 bits per heavy atom. The second-order valence-corrected chi connectivity index (χ2v) is 11.1. The van der Waals surface area contributed by atoms with Crippen molar-refractivity contribution in [1.82, 2.24) is 24.8 Å². The van der Waals surface area contributed by atoms with Gasteiger partial charge in [-0.1, -0.05) is 36.4 Å². The van der Waals surface area contributed by atoms with Gasteiger partial charge in [-0.3, -0.25) is 14.8 Å². The van der Waals surface area contributed by atoms with Gasteiger partial charge >= 0.3 is 0 Å². The molecule has 1 saturated heterocycles. The summed E-state index contributed by atoms with van der Waals surface area (Å²) in [6.45, 7) is 4.46. The van der Waals surface area contributed by atoms with E-state index in [1.807, 2.05) is 24.4 Å². The molecule has 1 fully saturated rings. The van der Waals surface area contributed by atoms with Crippen LogP contribution in [0.25, 0.3) is 22.3 Å². The van der Waals surface area contributed by atoms with Gasteiger partial charge in [-0.2, -0.15) is 0 Å². The molecule has 42 heavy (non-hydrogen) atoms. The van der Waals surface area contributed by atoms with Crippen molar-refractivity contribution >= 4 is 28.6 Å². The lowest BCUT2D eigenvalue weighted by Crippen LogP contribution is -2.22. The van der Waals surface area contributed by atoms with Gasteiger partial charge in [0.05, 0.1) is 16.7 Å². The fourth-order valence-corrected chi connectivity index (χ4v) is 6.13. The van der Waals surface area contributed by atoms with Crippen LogP contribution in [0.3, 0.4) is 0 Å². The van der Waals surface area contributed by atoms with E-state index in [0.717, 1.165) is 54.0 Å². The highest BCUT2D eigenvalue weighted by Gasteiger charge is 2.27. The van der Waals surface area contributed by atoms with Crippen LogP contribution < -0.4 is 10.6 Å². The van der Waals surface area contributed by atoms with Crippen LogP contribution in [0.1, 0.15) is 52.2 Å². The molecule has 210 valence electrons. The third-order valence-corrected chi connectivity index (χ3v) is 8.32. The van der Waals surface area contributed by atoms with Crippen LogP contribution in [0, 0.1) is 0 Å². The number of aromatic nitrogens is 4. The Morgan fingerprint density at radius 3 is 2.57 bits per heavy atom. The second kappa shape index (κ2) is 11.7. The molecule has 1 atom stereocenters. The molecule has 0 saturated carbocycles. The number of likely N-dealkylation sites (tertiary alicyclic amines) is 1. The minimum Gasteiger partial charge on any atom is -0.354 e. The Labute approximate surface area is 245 Å². The van der Waals surface area contributed by atoms with Crippen molar-refractivity contribution < 1.29 is 4.79 Å². The van der Waals surface area contributed by atoms with Gasteiger partial charge in [0.25, 0.3) is 5.91 Å². The maximum Gasteiger partial charge on any atom is 0.255 e. The van der Waals surface area contributed by atoms with Crippen LogP contribution in [0.5, 0.6) is 0 Å². The topological polar surface area (TPSA) is 95.9 Å². The summed E-state index contributed by atoms with van der Waals surface area (Å²) in [5.74, 6) is 0.701. The highest BCUT2D eigenvalue weighted by atomic mass is 16.1. The molecule has 7 rings (SSSR count). The van der Waals surface area contributed by atoms with Crippen LogP contribution in [0.4, 0.5) is 11.6 Å². The number of hydrogen-bond donors (Lipinski definition) is 2. The van der Waals surface area contributed by atoms with E-state index in [0.29, 0.717) is 17.0 Å². The second-order valence-electron chi connectivity index (χ2n) is 11.1. The fraction of sp³-hybridized carbons (Fsp3) is 0.265. The van der Waals surface area contributed by atoms with Gasteiger partial charge in [-0.25, -0.2) is 9.97 Å². The maximum atomic E-state index is 12.9. The van der Waals surface area contributed by atoms with E-state index in [-0.39, 0.29) is 11.8 Å². The summed E-state index contributed by atoms with van der Waals surface area (Å²) in [7, 11) is 0. The highest BCUT2D eigenvalue weighted by Crippen LogP contribution is 2.42. The quantitative estimate of drug-likeness (QED) is 0.229. The third kappa shape index (κ3) is 5.45. The van der Waals surface area contributed by atoms with E-state index in [1.165, 1.54) is 37.1 Å². The third-order valence-electron chi connectivity index (χ3n) is 8.32. The lowest BCUT2D eigenvalue weighted by Gasteiger charge is -2.27. The standard InChI is InChI=1S/C34H33N7O/c42-33(24-10-13-30-31(21-24)36-16-15-35-30)39-26-11-8-23(9-12-26)29-20-25-22-38-34(37-14-5-19-41-17-3-4-18-41)40-32(25)28-7-2-1-6-27(28)29/h1-2,6-13,15-16,21-22,29H,3-5,14,17-20H2,(H,39,42)(H,37,38,40). The molecule has 1 unspecified atom stereocenters. The molecular formula is C34H33N7O. The van der Waals surface area contributed by atoms with Crippen LogP contribution >= 0.6 is 0 Å². The van der Waals surface area contributed by atoms with Crippen LogP contribution in [-0.4, -0.2) is 56.9 Å². The SMILES string of the molecule is O=C(Nc1ccc(C2Cc3cnc(NCCCN4CCCC4)nc3-c3ccccc32)cc1)c1ccc2nccnc2c1. The van der Waals surface area contributed by atoms with Gasteiger partial charge < -0.3 is 15.5 Å². The number of nitrogens with zero attached hydrogens (tertiary/aromatic N) is 5. The summed E-state index contributed by atoms with van der Waals surface area (Å²) < 4.78 is 0. The van der Waals surface area contributed by atoms with E-state index in [1.54, 1.807) is 24.5 Å². The number of fused-ring (bicyclic) bond motifs is 4. The van der Waals surface area contributed by atoms with Gasteiger partial charge in [0.2, 0.25) is 5.95 Å². The summed E-state index contributed by atoms with van der Waals surface area (Å²) in [6, 6.07) is 22.0. The fourth-order valence-electron chi connectivity index (χ4n) is 6.13. The number of hydrogen-bond acceptors (Lipinski definition) is 7. The van der Waals surface area contributed by atoms with Crippen molar-refractivity contribution in [1.29, 1.82) is 0 Å². The Balaban J connectivity index is 1.05. The monoisotopic (exact) mass is 555 g/mol. The van der Waals surface area contributed by atoms with Crippen LogP contribution in [0.2, 0.25) is 0 Å². The number of rotatable bonds is 8. The number of anilines is 2. The predicted octanol–water partition coefficient (Wildman–Crippen LogP) is 5.92. The van der Waals surface area contributed by atoms with Gasteiger partial charge in [0.1, 0.15) is 0 Å². The largest absolute Gasteiger partial charge is 0.354 e. The van der Waals surface area contributed by atoms with E-state index in [2.05, 4.69) is 66.9 Å². The molecule has 5 aromatic rings. The molecule has 1 aliphatic carbocycles. The molecule has 8 heteroatoms. The molecule has 2 aromatic heterocycles. The zero-order valence-electron chi connectivity index (χ0n) is 23.5. The molecule has 0 bridgehead atoms. The molecule has 1 aliphatic heterocycles. The first-order valence-electron chi connectivity index (χ1n) is 14.7. The molecule has 0 spiro atoms. The van der Waals surface area contributed by atoms with Crippen molar-refractivity contribution in [2.75, 3.05) is 36.8 Å². The van der Waals surface area contributed by atoms with Gasteiger partial charge in [0, 0.05) is 47.9 Å². The number of carbonyl (C=O) groups excluding carboxylic acids is 1. The Kier molecular flexibility index (Phi) is 7.28. The molecule has 0 radical (unpaired) electrons. The summed E-state index contributed by atoms with van der Waals surface area (Å²) in [4.78, 5) is 33.7. The smallest absolute Gasteiger partial charge is 0.255 e. The molecule has 1 amide bonds. The van der Waals surface area contributed by atoms with Crippen molar-refractivity contribution in [2.45, 2.75) is 31.6 Å². The predicted molar refractivity (Wildman–Crippen MR) is 166 cm³/mol. The van der Waals surface area contributed by atoms with Crippen molar-refractivity contribution in [2.24, 2.45) is 0 Å². The molecule has 2 N–H and O–H groups in total. The average molecular weight is 556 g/mol. The van der Waals surface area contributed by atoms with E-state index in [9.17, 15) is 4.79 Å². The number of carbonyl (C=O) groups is 1. The van der Waals surface area contributed by atoms with Gasteiger partial charge in [-0.15, -0.1) is 0 Å². The minimum absolute atomic E-state index is 0.176. The zero-order valence-corrected chi connectivity index (χ0v) is 23.5. The number of benzene rings is 3. The number of nitrogens with one attached hydrogen (secondary N) is 2.